The van der Waals surface area contributed by atoms with Gasteiger partial charge in [0.05, 0.1) is 4.47 Å². The van der Waals surface area contributed by atoms with Crippen LogP contribution in [0.15, 0.2) is 40.9 Å². The first kappa shape index (κ1) is 14.6. The standard InChI is InChI=1S/C14H9Br2F3/c15-11(5-8-1-3-9(17)4-2-8)10-6-14(19)12(16)7-13(10)18/h1-4,6-7,11H,5H2. The highest BCUT2D eigenvalue weighted by atomic mass is 79.9. The number of alkyl halides is 1. The molecule has 5 heteroatoms. The Labute approximate surface area is 125 Å². The summed E-state index contributed by atoms with van der Waals surface area (Å²) in [5.74, 6) is -1.33. The van der Waals surface area contributed by atoms with Crippen LogP contribution in [0.2, 0.25) is 0 Å². The van der Waals surface area contributed by atoms with E-state index >= 15 is 0 Å². The lowest BCUT2D eigenvalue weighted by atomic mass is 10.0. The van der Waals surface area contributed by atoms with E-state index in [-0.39, 0.29) is 20.7 Å². The van der Waals surface area contributed by atoms with E-state index in [0.717, 1.165) is 17.7 Å². The second-order valence-corrected chi connectivity index (χ2v) is 6.05. The van der Waals surface area contributed by atoms with Gasteiger partial charge in [0.2, 0.25) is 0 Å². The molecule has 0 aromatic heterocycles. The molecular weight excluding hydrogens is 385 g/mol. The molecule has 0 spiro atoms. The summed E-state index contributed by atoms with van der Waals surface area (Å²) in [7, 11) is 0. The molecule has 0 aliphatic heterocycles. The fourth-order valence-corrected chi connectivity index (χ4v) is 2.76. The molecule has 0 saturated carbocycles. The Hall–Kier alpha value is -0.810. The molecule has 0 fully saturated rings. The van der Waals surface area contributed by atoms with Gasteiger partial charge in [0.15, 0.2) is 0 Å². The van der Waals surface area contributed by atoms with Crippen molar-refractivity contribution in [2.75, 3.05) is 0 Å². The molecule has 1 atom stereocenters. The topological polar surface area (TPSA) is 0 Å². The predicted molar refractivity (Wildman–Crippen MR) is 75.8 cm³/mol. The van der Waals surface area contributed by atoms with Gasteiger partial charge in [0, 0.05) is 10.4 Å². The number of halogens is 5. The Bertz CT molecular complexity index is 582. The minimum Gasteiger partial charge on any atom is -0.207 e. The summed E-state index contributed by atoms with van der Waals surface area (Å²) < 4.78 is 40.1. The van der Waals surface area contributed by atoms with Crippen LogP contribution in [0, 0.1) is 17.5 Å². The van der Waals surface area contributed by atoms with Crippen molar-refractivity contribution in [3.8, 4) is 0 Å². The van der Waals surface area contributed by atoms with Crippen LogP contribution in [0.25, 0.3) is 0 Å². The highest BCUT2D eigenvalue weighted by Crippen LogP contribution is 2.31. The largest absolute Gasteiger partial charge is 0.207 e. The van der Waals surface area contributed by atoms with Gasteiger partial charge in [-0.2, -0.15) is 0 Å². The highest BCUT2D eigenvalue weighted by molar-refractivity contribution is 9.10. The molecule has 19 heavy (non-hydrogen) atoms. The Morgan fingerprint density at radius 3 is 2.21 bits per heavy atom. The van der Waals surface area contributed by atoms with Gasteiger partial charge in [0.1, 0.15) is 17.5 Å². The maximum atomic E-state index is 13.8. The molecule has 0 heterocycles. The second kappa shape index (κ2) is 6.09. The molecule has 0 aliphatic rings. The van der Waals surface area contributed by atoms with Gasteiger partial charge in [-0.3, -0.25) is 0 Å². The van der Waals surface area contributed by atoms with Crippen molar-refractivity contribution in [3.63, 3.8) is 0 Å². The van der Waals surface area contributed by atoms with Gasteiger partial charge in [-0.25, -0.2) is 13.2 Å². The summed E-state index contributed by atoms with van der Waals surface area (Å²) >= 11 is 6.27. The number of hydrogen-bond donors (Lipinski definition) is 0. The molecule has 2 aromatic carbocycles. The van der Waals surface area contributed by atoms with E-state index in [1.165, 1.54) is 12.1 Å². The minimum absolute atomic E-state index is 0.0928. The number of rotatable bonds is 3. The zero-order valence-corrected chi connectivity index (χ0v) is 12.8. The van der Waals surface area contributed by atoms with Crippen LogP contribution in [-0.4, -0.2) is 0 Å². The smallest absolute Gasteiger partial charge is 0.137 e. The molecule has 0 nitrogen and oxygen atoms in total. The first-order valence-electron chi connectivity index (χ1n) is 5.50. The maximum absolute atomic E-state index is 13.8. The molecular formula is C14H9Br2F3. The molecule has 0 saturated heterocycles. The van der Waals surface area contributed by atoms with Gasteiger partial charge in [-0.1, -0.05) is 28.1 Å². The Morgan fingerprint density at radius 1 is 0.947 bits per heavy atom. The molecule has 0 aliphatic carbocycles. The lowest BCUT2D eigenvalue weighted by Gasteiger charge is -2.12. The Balaban J connectivity index is 2.22. The summed E-state index contributed by atoms with van der Waals surface area (Å²) in [6.45, 7) is 0. The van der Waals surface area contributed by atoms with E-state index < -0.39 is 11.6 Å². The van der Waals surface area contributed by atoms with Crippen molar-refractivity contribution >= 4 is 31.9 Å². The second-order valence-electron chi connectivity index (χ2n) is 4.09. The van der Waals surface area contributed by atoms with Gasteiger partial charge < -0.3 is 0 Å². The highest BCUT2D eigenvalue weighted by Gasteiger charge is 2.16. The molecule has 0 amide bonds. The SMILES string of the molecule is Fc1ccc(CC(Br)c2cc(F)c(Br)cc2F)cc1. The summed E-state index contributed by atoms with van der Waals surface area (Å²) in [5, 5.41) is 0. The normalized spacial score (nSPS) is 12.5. The predicted octanol–water partition coefficient (Wildman–Crippen LogP) is 5.55. The molecule has 0 N–H and O–H groups in total. The lowest BCUT2D eigenvalue weighted by Crippen LogP contribution is -2.00. The third kappa shape index (κ3) is 3.60. The van der Waals surface area contributed by atoms with Gasteiger partial charge in [-0.15, -0.1) is 0 Å². The van der Waals surface area contributed by atoms with E-state index in [2.05, 4.69) is 31.9 Å². The van der Waals surface area contributed by atoms with Crippen LogP contribution in [0.1, 0.15) is 16.0 Å². The van der Waals surface area contributed by atoms with E-state index in [9.17, 15) is 13.2 Å². The minimum atomic E-state index is -0.514. The van der Waals surface area contributed by atoms with Crippen LogP contribution >= 0.6 is 31.9 Å². The van der Waals surface area contributed by atoms with Crippen molar-refractivity contribution in [3.05, 3.63) is 69.4 Å². The van der Waals surface area contributed by atoms with E-state index in [4.69, 9.17) is 0 Å². The Kier molecular flexibility index (Phi) is 4.68. The van der Waals surface area contributed by atoms with E-state index in [1.54, 1.807) is 12.1 Å². The summed E-state index contributed by atoms with van der Waals surface area (Å²) in [5.41, 5.74) is 1.08. The fraction of sp³-hybridized carbons (Fsp3) is 0.143. The van der Waals surface area contributed by atoms with Gasteiger partial charge in [-0.05, 0) is 52.2 Å². The van der Waals surface area contributed by atoms with Crippen LogP contribution < -0.4 is 0 Å². The van der Waals surface area contributed by atoms with Crippen LogP contribution in [0.4, 0.5) is 13.2 Å². The van der Waals surface area contributed by atoms with Crippen molar-refractivity contribution < 1.29 is 13.2 Å². The third-order valence-corrected chi connectivity index (χ3v) is 4.13. The molecule has 2 rings (SSSR count). The molecule has 2 aromatic rings. The van der Waals surface area contributed by atoms with E-state index in [0.29, 0.717) is 6.42 Å². The van der Waals surface area contributed by atoms with Crippen molar-refractivity contribution in [2.45, 2.75) is 11.2 Å². The van der Waals surface area contributed by atoms with Crippen LogP contribution in [0.5, 0.6) is 0 Å². The lowest BCUT2D eigenvalue weighted by molar-refractivity contribution is 0.578. The van der Waals surface area contributed by atoms with E-state index in [1.807, 2.05) is 0 Å². The first-order valence-corrected chi connectivity index (χ1v) is 7.21. The van der Waals surface area contributed by atoms with Crippen LogP contribution in [-0.2, 0) is 6.42 Å². The third-order valence-electron chi connectivity index (χ3n) is 2.71. The number of hydrogen-bond acceptors (Lipinski definition) is 0. The monoisotopic (exact) mass is 392 g/mol. The van der Waals surface area contributed by atoms with Gasteiger partial charge in [0.25, 0.3) is 0 Å². The summed E-state index contributed by atoms with van der Waals surface area (Å²) in [4.78, 5) is -0.374. The number of benzene rings is 2. The average Bonchev–Trinajstić information content (AvgIpc) is 2.36. The van der Waals surface area contributed by atoms with Crippen molar-refractivity contribution in [1.82, 2.24) is 0 Å². The Morgan fingerprint density at radius 2 is 1.58 bits per heavy atom. The quantitative estimate of drug-likeness (QED) is 0.474. The summed E-state index contributed by atoms with van der Waals surface area (Å²) in [6, 6.07) is 8.18. The van der Waals surface area contributed by atoms with Crippen LogP contribution in [0.3, 0.4) is 0 Å². The molecule has 100 valence electrons. The zero-order chi connectivity index (χ0) is 14.0. The summed E-state index contributed by atoms with van der Waals surface area (Å²) in [6.07, 6.45) is 0.443. The average molecular weight is 394 g/mol. The van der Waals surface area contributed by atoms with Crippen molar-refractivity contribution in [1.29, 1.82) is 0 Å². The zero-order valence-electron chi connectivity index (χ0n) is 9.64. The molecule has 0 bridgehead atoms. The molecule has 0 radical (unpaired) electrons. The molecule has 1 unspecified atom stereocenters. The maximum Gasteiger partial charge on any atom is 0.137 e. The van der Waals surface area contributed by atoms with Gasteiger partial charge >= 0.3 is 0 Å². The fourth-order valence-electron chi connectivity index (χ4n) is 1.72. The van der Waals surface area contributed by atoms with Crippen molar-refractivity contribution in [2.24, 2.45) is 0 Å². The first-order chi connectivity index (χ1) is 8.97.